The molecular weight excluding hydrogens is 288 g/mol. The molecular formula is C15H22N2O3S. The first-order valence-electron chi connectivity index (χ1n) is 7.31. The Kier molecular flexibility index (Phi) is 5.76. The predicted molar refractivity (Wildman–Crippen MR) is 82.3 cm³/mol. The van der Waals surface area contributed by atoms with E-state index in [1.54, 1.807) is 11.3 Å². The van der Waals surface area contributed by atoms with E-state index >= 15 is 0 Å². The van der Waals surface area contributed by atoms with Crippen LogP contribution < -0.4 is 5.32 Å². The normalized spacial score (nSPS) is 18.3. The molecule has 2 rings (SSSR count). The Morgan fingerprint density at radius 1 is 1.48 bits per heavy atom. The number of thiophene rings is 1. The van der Waals surface area contributed by atoms with Crippen molar-refractivity contribution in [3.63, 3.8) is 0 Å². The van der Waals surface area contributed by atoms with Crippen LogP contribution in [0, 0.1) is 5.92 Å². The number of piperidine rings is 1. The molecule has 6 heteroatoms. The summed E-state index contributed by atoms with van der Waals surface area (Å²) in [7, 11) is 0. The molecule has 0 saturated carbocycles. The van der Waals surface area contributed by atoms with Gasteiger partial charge in [-0.15, -0.1) is 11.3 Å². The number of rotatable bonds is 6. The number of carboxylic acids is 1. The van der Waals surface area contributed by atoms with Crippen LogP contribution in [0.25, 0.3) is 0 Å². The third-order valence-electron chi connectivity index (χ3n) is 3.89. The predicted octanol–water partition coefficient (Wildman–Crippen LogP) is 2.11. The number of amides is 1. The van der Waals surface area contributed by atoms with Crippen LogP contribution in [0.4, 0.5) is 0 Å². The number of carbonyl (C=O) groups is 2. The zero-order valence-corrected chi connectivity index (χ0v) is 13.1. The van der Waals surface area contributed by atoms with Crippen molar-refractivity contribution in [2.24, 2.45) is 5.92 Å². The lowest BCUT2D eigenvalue weighted by Gasteiger charge is -2.31. The first-order valence-corrected chi connectivity index (χ1v) is 8.19. The van der Waals surface area contributed by atoms with Gasteiger partial charge in [0.15, 0.2) is 0 Å². The van der Waals surface area contributed by atoms with Crippen LogP contribution in [0.1, 0.15) is 37.1 Å². The Morgan fingerprint density at radius 2 is 2.19 bits per heavy atom. The monoisotopic (exact) mass is 310 g/mol. The highest BCUT2D eigenvalue weighted by Crippen LogP contribution is 2.21. The molecule has 0 spiro atoms. The molecule has 0 aromatic carbocycles. The number of hydrogen-bond donors (Lipinski definition) is 2. The Bertz CT molecular complexity index is 467. The molecule has 1 unspecified atom stereocenters. The summed E-state index contributed by atoms with van der Waals surface area (Å²) < 4.78 is 0. The number of nitrogens with one attached hydrogen (secondary N) is 1. The molecule has 1 fully saturated rings. The Hall–Kier alpha value is -1.40. The molecule has 1 saturated heterocycles. The van der Waals surface area contributed by atoms with E-state index in [0.717, 1.165) is 30.8 Å². The van der Waals surface area contributed by atoms with Crippen molar-refractivity contribution < 1.29 is 14.7 Å². The zero-order valence-electron chi connectivity index (χ0n) is 12.2. The highest BCUT2D eigenvalue weighted by molar-refractivity contribution is 7.10. The Labute approximate surface area is 129 Å². The minimum Gasteiger partial charge on any atom is -0.481 e. The summed E-state index contributed by atoms with van der Waals surface area (Å²) in [5.41, 5.74) is 0. The van der Waals surface area contributed by atoms with E-state index in [2.05, 4.69) is 10.2 Å². The fourth-order valence-electron chi connectivity index (χ4n) is 2.69. The third kappa shape index (κ3) is 5.13. The van der Waals surface area contributed by atoms with Crippen molar-refractivity contribution in [1.82, 2.24) is 10.2 Å². The molecule has 5 nitrogen and oxygen atoms in total. The van der Waals surface area contributed by atoms with Gasteiger partial charge >= 0.3 is 5.97 Å². The first kappa shape index (κ1) is 16.0. The second-order valence-electron chi connectivity index (χ2n) is 5.62. The molecule has 1 aromatic heterocycles. The topological polar surface area (TPSA) is 69.6 Å². The molecule has 1 aliphatic rings. The van der Waals surface area contributed by atoms with E-state index < -0.39 is 5.97 Å². The van der Waals surface area contributed by atoms with Gasteiger partial charge in [-0.05, 0) is 50.2 Å². The number of aliphatic carboxylic acids is 1. The summed E-state index contributed by atoms with van der Waals surface area (Å²) in [6.07, 6.45) is 1.97. The van der Waals surface area contributed by atoms with Crippen molar-refractivity contribution in [3.05, 3.63) is 22.4 Å². The number of carbonyl (C=O) groups excluding carboxylic acids is 1. The fourth-order valence-corrected chi connectivity index (χ4v) is 3.43. The maximum atomic E-state index is 12.0. The summed E-state index contributed by atoms with van der Waals surface area (Å²) in [5.74, 6) is -0.435. The van der Waals surface area contributed by atoms with Crippen molar-refractivity contribution in [1.29, 1.82) is 0 Å². The molecule has 2 heterocycles. The molecule has 0 radical (unpaired) electrons. The molecule has 21 heavy (non-hydrogen) atoms. The average Bonchev–Trinajstić information content (AvgIpc) is 2.94. The van der Waals surface area contributed by atoms with Gasteiger partial charge in [-0.1, -0.05) is 6.07 Å². The standard InChI is InChI=1S/C15H22N2O3S/c1-11(13-3-2-8-21-13)16-14(18)10-17-6-4-12(5-7-17)9-15(19)20/h2-3,8,11-12H,4-7,9-10H2,1H3,(H,16,18)(H,19,20). The van der Waals surface area contributed by atoms with Crippen molar-refractivity contribution >= 4 is 23.2 Å². The first-order chi connectivity index (χ1) is 10.0. The summed E-state index contributed by atoms with van der Waals surface area (Å²) in [4.78, 5) is 26.0. The molecule has 116 valence electrons. The third-order valence-corrected chi connectivity index (χ3v) is 4.94. The molecule has 1 aromatic rings. The van der Waals surface area contributed by atoms with Crippen LogP contribution in [0.3, 0.4) is 0 Å². The number of likely N-dealkylation sites (tertiary alicyclic amines) is 1. The summed E-state index contributed by atoms with van der Waals surface area (Å²) in [6, 6.07) is 4.05. The van der Waals surface area contributed by atoms with Crippen LogP contribution >= 0.6 is 11.3 Å². The SMILES string of the molecule is CC(NC(=O)CN1CCC(CC(=O)O)CC1)c1cccs1. The van der Waals surface area contributed by atoms with Gasteiger partial charge in [0, 0.05) is 11.3 Å². The maximum Gasteiger partial charge on any atom is 0.303 e. The maximum absolute atomic E-state index is 12.0. The average molecular weight is 310 g/mol. The second kappa shape index (κ2) is 7.56. The van der Waals surface area contributed by atoms with Gasteiger partial charge in [0.05, 0.1) is 12.6 Å². The lowest BCUT2D eigenvalue weighted by atomic mass is 9.94. The second-order valence-corrected chi connectivity index (χ2v) is 6.60. The van der Waals surface area contributed by atoms with Gasteiger partial charge in [-0.25, -0.2) is 0 Å². The number of hydrogen-bond acceptors (Lipinski definition) is 4. The molecule has 1 amide bonds. The van der Waals surface area contributed by atoms with Gasteiger partial charge in [0.1, 0.15) is 0 Å². The van der Waals surface area contributed by atoms with E-state index in [0.29, 0.717) is 6.54 Å². The van der Waals surface area contributed by atoms with Crippen LogP contribution in [-0.2, 0) is 9.59 Å². The number of nitrogens with zero attached hydrogens (tertiary/aromatic N) is 1. The zero-order chi connectivity index (χ0) is 15.2. The number of carboxylic acid groups (broad SMARTS) is 1. The van der Waals surface area contributed by atoms with E-state index in [-0.39, 0.29) is 24.3 Å². The van der Waals surface area contributed by atoms with Crippen LogP contribution in [0.2, 0.25) is 0 Å². The minimum absolute atomic E-state index is 0.0348. The Morgan fingerprint density at radius 3 is 2.76 bits per heavy atom. The molecule has 1 atom stereocenters. The van der Waals surface area contributed by atoms with Crippen LogP contribution in [0.5, 0.6) is 0 Å². The van der Waals surface area contributed by atoms with Gasteiger partial charge in [-0.2, -0.15) is 0 Å². The molecule has 1 aliphatic heterocycles. The van der Waals surface area contributed by atoms with Gasteiger partial charge in [0.2, 0.25) is 5.91 Å². The summed E-state index contributed by atoms with van der Waals surface area (Å²) >= 11 is 1.64. The van der Waals surface area contributed by atoms with E-state index in [1.165, 1.54) is 0 Å². The van der Waals surface area contributed by atoms with E-state index in [4.69, 9.17) is 5.11 Å². The lowest BCUT2D eigenvalue weighted by Crippen LogP contribution is -2.42. The van der Waals surface area contributed by atoms with Crippen LogP contribution in [0.15, 0.2) is 17.5 Å². The van der Waals surface area contributed by atoms with Crippen molar-refractivity contribution in [2.45, 2.75) is 32.2 Å². The Balaban J connectivity index is 1.71. The van der Waals surface area contributed by atoms with Crippen LogP contribution in [-0.4, -0.2) is 41.5 Å². The lowest BCUT2D eigenvalue weighted by molar-refractivity contribution is -0.138. The quantitative estimate of drug-likeness (QED) is 0.844. The largest absolute Gasteiger partial charge is 0.481 e. The van der Waals surface area contributed by atoms with Crippen molar-refractivity contribution in [2.75, 3.05) is 19.6 Å². The minimum atomic E-state index is -0.726. The van der Waals surface area contributed by atoms with E-state index in [9.17, 15) is 9.59 Å². The molecule has 2 N–H and O–H groups in total. The van der Waals surface area contributed by atoms with Gasteiger partial charge in [-0.3, -0.25) is 14.5 Å². The van der Waals surface area contributed by atoms with Gasteiger partial charge < -0.3 is 10.4 Å². The van der Waals surface area contributed by atoms with Crippen molar-refractivity contribution in [3.8, 4) is 0 Å². The highest BCUT2D eigenvalue weighted by atomic mass is 32.1. The highest BCUT2D eigenvalue weighted by Gasteiger charge is 2.23. The summed E-state index contributed by atoms with van der Waals surface area (Å²) in [6.45, 7) is 4.00. The molecule has 0 aliphatic carbocycles. The molecule has 0 bridgehead atoms. The fraction of sp³-hybridized carbons (Fsp3) is 0.600. The van der Waals surface area contributed by atoms with Gasteiger partial charge in [0.25, 0.3) is 0 Å². The summed E-state index contributed by atoms with van der Waals surface area (Å²) in [5, 5.41) is 13.8. The smallest absolute Gasteiger partial charge is 0.303 e. The van der Waals surface area contributed by atoms with E-state index in [1.807, 2.05) is 24.4 Å².